The van der Waals surface area contributed by atoms with Crippen LogP contribution >= 0.6 is 0 Å². The zero-order valence-corrected chi connectivity index (χ0v) is 11.4. The summed E-state index contributed by atoms with van der Waals surface area (Å²) in [5, 5.41) is 3.15. The molecule has 2 rings (SSSR count). The van der Waals surface area contributed by atoms with E-state index in [4.69, 9.17) is 4.74 Å². The summed E-state index contributed by atoms with van der Waals surface area (Å²) in [4.78, 5) is 4.12. The van der Waals surface area contributed by atoms with Gasteiger partial charge in [0.2, 0.25) is 5.88 Å². The summed E-state index contributed by atoms with van der Waals surface area (Å²) >= 11 is 0. The molecule has 0 radical (unpaired) electrons. The molecule has 20 heavy (non-hydrogen) atoms. The van der Waals surface area contributed by atoms with Gasteiger partial charge in [-0.15, -0.1) is 0 Å². The Hall–Kier alpha value is -2.17. The van der Waals surface area contributed by atoms with Gasteiger partial charge in [-0.2, -0.15) is 0 Å². The normalized spacial score (nSPS) is 12.0. The van der Waals surface area contributed by atoms with Gasteiger partial charge >= 0.3 is 0 Å². The molecule has 0 aliphatic carbocycles. The third-order valence-corrected chi connectivity index (χ3v) is 2.81. The van der Waals surface area contributed by atoms with Crippen molar-refractivity contribution >= 4 is 5.69 Å². The molecule has 0 aliphatic heterocycles. The lowest BCUT2D eigenvalue weighted by molar-refractivity contribution is 0.328. The minimum atomic E-state index is -0.593. The highest BCUT2D eigenvalue weighted by Gasteiger charge is 2.11. The zero-order valence-electron chi connectivity index (χ0n) is 11.4. The maximum atomic E-state index is 13.2. The Morgan fingerprint density at radius 1 is 1.25 bits per heavy atom. The summed E-state index contributed by atoms with van der Waals surface area (Å²) in [5.74, 6) is -0.714. The lowest BCUT2D eigenvalue weighted by Gasteiger charge is -2.17. The van der Waals surface area contributed by atoms with Crippen molar-refractivity contribution in [2.45, 2.75) is 19.9 Å². The van der Waals surface area contributed by atoms with E-state index in [-0.39, 0.29) is 6.04 Å². The number of hydrogen-bond acceptors (Lipinski definition) is 3. The molecule has 0 saturated heterocycles. The number of pyridine rings is 1. The van der Waals surface area contributed by atoms with Crippen molar-refractivity contribution in [3.05, 3.63) is 53.7 Å². The van der Waals surface area contributed by atoms with Gasteiger partial charge in [0, 0.05) is 18.3 Å². The average molecular weight is 278 g/mol. The standard InChI is InChI=1S/C15H16F2N2O/c1-3-20-15-14(5-4-6-18-15)19-10(2)11-7-12(16)9-13(17)8-11/h4-10,19H,3H2,1-2H3. The summed E-state index contributed by atoms with van der Waals surface area (Å²) in [7, 11) is 0. The van der Waals surface area contributed by atoms with Crippen LogP contribution in [-0.2, 0) is 0 Å². The number of nitrogens with zero attached hydrogens (tertiary/aromatic N) is 1. The number of rotatable bonds is 5. The fourth-order valence-electron chi connectivity index (χ4n) is 1.89. The van der Waals surface area contributed by atoms with E-state index >= 15 is 0 Å². The zero-order chi connectivity index (χ0) is 14.5. The summed E-state index contributed by atoms with van der Waals surface area (Å²) in [6, 6.07) is 6.76. The molecule has 0 spiro atoms. The van der Waals surface area contributed by atoms with Crippen LogP contribution in [0.1, 0.15) is 25.5 Å². The Morgan fingerprint density at radius 2 is 1.95 bits per heavy atom. The predicted octanol–water partition coefficient (Wildman–Crippen LogP) is 3.93. The van der Waals surface area contributed by atoms with Crippen molar-refractivity contribution in [3.63, 3.8) is 0 Å². The highest BCUT2D eigenvalue weighted by Crippen LogP contribution is 2.26. The van der Waals surface area contributed by atoms with Gasteiger partial charge in [-0.3, -0.25) is 0 Å². The third-order valence-electron chi connectivity index (χ3n) is 2.81. The van der Waals surface area contributed by atoms with Crippen LogP contribution in [0.3, 0.4) is 0 Å². The highest BCUT2D eigenvalue weighted by molar-refractivity contribution is 5.53. The topological polar surface area (TPSA) is 34.1 Å². The van der Waals surface area contributed by atoms with Crippen LogP contribution in [0.4, 0.5) is 14.5 Å². The second-order valence-corrected chi connectivity index (χ2v) is 4.36. The Morgan fingerprint density at radius 3 is 2.60 bits per heavy atom. The van der Waals surface area contributed by atoms with Gasteiger partial charge in [-0.25, -0.2) is 13.8 Å². The number of nitrogens with one attached hydrogen (secondary N) is 1. The largest absolute Gasteiger partial charge is 0.476 e. The Labute approximate surface area is 116 Å². The van der Waals surface area contributed by atoms with E-state index in [1.54, 1.807) is 12.3 Å². The maximum absolute atomic E-state index is 13.2. The van der Waals surface area contributed by atoms with Gasteiger partial charge < -0.3 is 10.1 Å². The smallest absolute Gasteiger partial charge is 0.237 e. The summed E-state index contributed by atoms with van der Waals surface area (Å²) < 4.78 is 31.8. The molecule has 5 heteroatoms. The molecule has 2 aromatic rings. The number of halogens is 2. The second-order valence-electron chi connectivity index (χ2n) is 4.36. The Bertz CT molecular complexity index is 570. The first-order valence-corrected chi connectivity index (χ1v) is 6.40. The van der Waals surface area contributed by atoms with Crippen molar-refractivity contribution in [1.29, 1.82) is 0 Å². The molecule has 1 N–H and O–H groups in total. The van der Waals surface area contributed by atoms with Crippen molar-refractivity contribution in [3.8, 4) is 5.88 Å². The minimum absolute atomic E-state index is 0.274. The SMILES string of the molecule is CCOc1ncccc1NC(C)c1cc(F)cc(F)c1. The number of ether oxygens (including phenoxy) is 1. The van der Waals surface area contributed by atoms with Gasteiger partial charge in [-0.05, 0) is 43.7 Å². The van der Waals surface area contributed by atoms with Crippen LogP contribution in [-0.4, -0.2) is 11.6 Å². The van der Waals surface area contributed by atoms with Crippen molar-refractivity contribution < 1.29 is 13.5 Å². The van der Waals surface area contributed by atoms with Crippen LogP contribution < -0.4 is 10.1 Å². The van der Waals surface area contributed by atoms with Crippen LogP contribution in [0.15, 0.2) is 36.5 Å². The fourth-order valence-corrected chi connectivity index (χ4v) is 1.89. The third kappa shape index (κ3) is 3.44. The molecule has 1 unspecified atom stereocenters. The number of aromatic nitrogens is 1. The molecule has 0 amide bonds. The number of benzene rings is 1. The first kappa shape index (κ1) is 14.2. The highest BCUT2D eigenvalue weighted by atomic mass is 19.1. The molecule has 1 aromatic heterocycles. The van der Waals surface area contributed by atoms with Crippen molar-refractivity contribution in [2.24, 2.45) is 0 Å². The lowest BCUT2D eigenvalue weighted by atomic mass is 10.1. The van der Waals surface area contributed by atoms with Gasteiger partial charge in [0.1, 0.15) is 11.6 Å². The molecule has 1 aromatic carbocycles. The van der Waals surface area contributed by atoms with Gasteiger partial charge in [0.05, 0.1) is 12.3 Å². The summed E-state index contributed by atoms with van der Waals surface area (Å²) in [6.07, 6.45) is 1.63. The Balaban J connectivity index is 2.21. The maximum Gasteiger partial charge on any atom is 0.237 e. The Kier molecular flexibility index (Phi) is 4.50. The van der Waals surface area contributed by atoms with Crippen LogP contribution in [0, 0.1) is 11.6 Å². The van der Waals surface area contributed by atoms with Crippen LogP contribution in [0.25, 0.3) is 0 Å². The first-order chi connectivity index (χ1) is 9.60. The molecule has 1 atom stereocenters. The van der Waals surface area contributed by atoms with E-state index in [2.05, 4.69) is 10.3 Å². The van der Waals surface area contributed by atoms with E-state index in [0.29, 0.717) is 23.7 Å². The van der Waals surface area contributed by atoms with E-state index in [9.17, 15) is 8.78 Å². The monoisotopic (exact) mass is 278 g/mol. The van der Waals surface area contributed by atoms with Gasteiger partial charge in [0.25, 0.3) is 0 Å². The van der Waals surface area contributed by atoms with Gasteiger partial charge in [-0.1, -0.05) is 0 Å². The quantitative estimate of drug-likeness (QED) is 0.899. The summed E-state index contributed by atoms with van der Waals surface area (Å²) in [6.45, 7) is 4.18. The lowest BCUT2D eigenvalue weighted by Crippen LogP contribution is -2.09. The summed E-state index contributed by atoms with van der Waals surface area (Å²) in [5.41, 5.74) is 1.21. The molecule has 0 fully saturated rings. The molecule has 0 saturated carbocycles. The van der Waals surface area contributed by atoms with Crippen molar-refractivity contribution in [2.75, 3.05) is 11.9 Å². The van der Waals surface area contributed by atoms with E-state index < -0.39 is 11.6 Å². The van der Waals surface area contributed by atoms with E-state index in [1.807, 2.05) is 19.9 Å². The molecule has 0 aliphatic rings. The fraction of sp³-hybridized carbons (Fsp3) is 0.267. The molecular formula is C15H16F2N2O. The first-order valence-electron chi connectivity index (χ1n) is 6.40. The number of hydrogen-bond donors (Lipinski definition) is 1. The van der Waals surface area contributed by atoms with E-state index in [1.165, 1.54) is 12.1 Å². The second kappa shape index (κ2) is 6.32. The molecular weight excluding hydrogens is 262 g/mol. The van der Waals surface area contributed by atoms with Crippen LogP contribution in [0.2, 0.25) is 0 Å². The van der Waals surface area contributed by atoms with Crippen LogP contribution in [0.5, 0.6) is 5.88 Å². The van der Waals surface area contributed by atoms with Crippen molar-refractivity contribution in [1.82, 2.24) is 4.98 Å². The van der Waals surface area contributed by atoms with Gasteiger partial charge in [0.15, 0.2) is 0 Å². The molecule has 106 valence electrons. The molecule has 3 nitrogen and oxygen atoms in total. The van der Waals surface area contributed by atoms with E-state index in [0.717, 1.165) is 6.07 Å². The predicted molar refractivity (Wildman–Crippen MR) is 73.8 cm³/mol. The number of anilines is 1. The molecule has 1 heterocycles. The minimum Gasteiger partial charge on any atom is -0.476 e. The average Bonchev–Trinajstić information content (AvgIpc) is 2.40. The molecule has 0 bridgehead atoms.